The van der Waals surface area contributed by atoms with Crippen molar-refractivity contribution in [2.75, 3.05) is 25.5 Å². The van der Waals surface area contributed by atoms with Crippen molar-refractivity contribution in [3.8, 4) is 0 Å². The summed E-state index contributed by atoms with van der Waals surface area (Å²) >= 11 is 4.88. The number of carbonyl (C=O) groups excluding carboxylic acids is 1. The molecule has 0 saturated carbocycles. The van der Waals surface area contributed by atoms with Crippen LogP contribution in [0.25, 0.3) is 0 Å². The molecule has 0 bridgehead atoms. The Morgan fingerprint density at radius 2 is 1.95 bits per heavy atom. The molecule has 1 rings (SSSR count). The van der Waals surface area contributed by atoms with E-state index in [1.807, 2.05) is 31.3 Å². The fraction of sp³-hybridized carbons (Fsp3) is 0.467. The minimum Gasteiger partial charge on any atom is -0.389 e. The Hall–Kier alpha value is -1.46. The van der Waals surface area contributed by atoms with Crippen molar-refractivity contribution in [3.63, 3.8) is 0 Å². The molecule has 20 heavy (non-hydrogen) atoms. The average molecular weight is 293 g/mol. The van der Waals surface area contributed by atoms with Gasteiger partial charge in [-0.15, -0.1) is 0 Å². The molecule has 4 nitrogen and oxygen atoms in total. The van der Waals surface area contributed by atoms with Gasteiger partial charge < -0.3 is 16.0 Å². The number of unbranched alkanes of at least 4 members (excludes halogenated alkanes) is 1. The smallest absolute Gasteiger partial charge is 0.225 e. The second-order valence-corrected chi connectivity index (χ2v) is 5.34. The van der Waals surface area contributed by atoms with Crippen LogP contribution >= 0.6 is 12.2 Å². The number of rotatable bonds is 8. The molecule has 0 fully saturated rings. The highest BCUT2D eigenvalue weighted by Gasteiger charge is 2.05. The molecule has 0 atom stereocenters. The number of carbonyl (C=O) groups is 1. The summed E-state index contributed by atoms with van der Waals surface area (Å²) in [5.41, 5.74) is 7.10. The van der Waals surface area contributed by atoms with Crippen LogP contribution in [0.15, 0.2) is 24.3 Å². The first kappa shape index (κ1) is 16.6. The molecule has 0 heterocycles. The summed E-state index contributed by atoms with van der Waals surface area (Å²) in [6, 6.07) is 7.25. The Balaban J connectivity index is 2.36. The van der Waals surface area contributed by atoms with Crippen molar-refractivity contribution in [1.29, 1.82) is 0 Å². The van der Waals surface area contributed by atoms with Crippen LogP contribution in [0.3, 0.4) is 0 Å². The molecule has 0 aromatic heterocycles. The van der Waals surface area contributed by atoms with Gasteiger partial charge in [0, 0.05) is 24.2 Å². The predicted octanol–water partition coefficient (Wildman–Crippen LogP) is 2.38. The first-order valence-corrected chi connectivity index (χ1v) is 7.32. The van der Waals surface area contributed by atoms with Gasteiger partial charge in [0.1, 0.15) is 4.99 Å². The lowest BCUT2D eigenvalue weighted by molar-refractivity contribution is -0.116. The van der Waals surface area contributed by atoms with Gasteiger partial charge in [0.2, 0.25) is 5.91 Å². The molecule has 1 amide bonds. The van der Waals surface area contributed by atoms with Crippen LogP contribution in [0.2, 0.25) is 0 Å². The van der Waals surface area contributed by atoms with Gasteiger partial charge in [-0.2, -0.15) is 0 Å². The van der Waals surface area contributed by atoms with Gasteiger partial charge in [-0.25, -0.2) is 0 Å². The minimum atomic E-state index is 0.0245. The summed E-state index contributed by atoms with van der Waals surface area (Å²) in [4.78, 5) is 14.4. The first-order valence-electron chi connectivity index (χ1n) is 6.91. The summed E-state index contributed by atoms with van der Waals surface area (Å²) in [6.07, 6.45) is 2.84. The van der Waals surface area contributed by atoms with Crippen molar-refractivity contribution >= 4 is 28.8 Å². The van der Waals surface area contributed by atoms with Gasteiger partial charge >= 0.3 is 0 Å². The minimum absolute atomic E-state index is 0.0245. The molecule has 0 unspecified atom stereocenters. The lowest BCUT2D eigenvalue weighted by Gasteiger charge is -2.15. The van der Waals surface area contributed by atoms with E-state index in [1.165, 1.54) is 12.8 Å². The molecule has 0 radical (unpaired) electrons. The SMILES string of the molecule is CCCCN(C)CCC(=O)Nc1ccc(C(N)=S)cc1. The molecule has 0 aliphatic carbocycles. The van der Waals surface area contributed by atoms with Crippen molar-refractivity contribution in [1.82, 2.24) is 4.90 Å². The number of hydrogen-bond donors (Lipinski definition) is 2. The van der Waals surface area contributed by atoms with Gasteiger partial charge in [0.25, 0.3) is 0 Å². The topological polar surface area (TPSA) is 58.4 Å². The summed E-state index contributed by atoms with van der Waals surface area (Å²) in [5, 5.41) is 2.87. The van der Waals surface area contributed by atoms with E-state index in [9.17, 15) is 4.79 Å². The zero-order valence-corrected chi connectivity index (χ0v) is 13.0. The second kappa shape index (κ2) is 8.66. The highest BCUT2D eigenvalue weighted by molar-refractivity contribution is 7.80. The van der Waals surface area contributed by atoms with Crippen LogP contribution in [-0.2, 0) is 4.79 Å². The molecule has 5 heteroatoms. The van der Waals surface area contributed by atoms with Gasteiger partial charge in [-0.3, -0.25) is 4.79 Å². The maximum Gasteiger partial charge on any atom is 0.225 e. The van der Waals surface area contributed by atoms with E-state index in [0.717, 1.165) is 24.3 Å². The maximum absolute atomic E-state index is 11.8. The highest BCUT2D eigenvalue weighted by atomic mass is 32.1. The Morgan fingerprint density at radius 3 is 2.50 bits per heavy atom. The third-order valence-corrected chi connectivity index (χ3v) is 3.30. The maximum atomic E-state index is 11.8. The molecule has 110 valence electrons. The molecule has 0 aliphatic rings. The van der Waals surface area contributed by atoms with Crippen LogP contribution in [0.1, 0.15) is 31.7 Å². The number of thiocarbonyl (C=S) groups is 1. The molecule has 1 aromatic carbocycles. The second-order valence-electron chi connectivity index (χ2n) is 4.90. The Kier molecular flexibility index (Phi) is 7.18. The molecule has 0 aliphatic heterocycles. The molecule has 0 spiro atoms. The predicted molar refractivity (Wildman–Crippen MR) is 88.0 cm³/mol. The van der Waals surface area contributed by atoms with Gasteiger partial charge in [-0.1, -0.05) is 25.6 Å². The van der Waals surface area contributed by atoms with Crippen molar-refractivity contribution in [2.45, 2.75) is 26.2 Å². The summed E-state index contributed by atoms with van der Waals surface area (Å²) in [6.45, 7) is 3.97. The van der Waals surface area contributed by atoms with E-state index in [4.69, 9.17) is 18.0 Å². The molecule has 3 N–H and O–H groups in total. The Bertz CT molecular complexity index is 445. The Labute approximate surface area is 126 Å². The third-order valence-electron chi connectivity index (χ3n) is 3.07. The fourth-order valence-corrected chi connectivity index (χ4v) is 1.91. The standard InChI is InChI=1S/C15H23N3OS/c1-3-4-10-18(2)11-9-14(19)17-13-7-5-12(6-8-13)15(16)20/h5-8H,3-4,9-11H2,1-2H3,(H2,16,20)(H,17,19). The van der Waals surface area contributed by atoms with E-state index in [1.54, 1.807) is 0 Å². The fourth-order valence-electron chi connectivity index (χ4n) is 1.77. The van der Waals surface area contributed by atoms with Crippen molar-refractivity contribution < 1.29 is 4.79 Å². The normalized spacial score (nSPS) is 10.6. The lowest BCUT2D eigenvalue weighted by atomic mass is 10.2. The van der Waals surface area contributed by atoms with E-state index in [2.05, 4.69) is 17.1 Å². The largest absolute Gasteiger partial charge is 0.389 e. The third kappa shape index (κ3) is 6.12. The number of nitrogens with one attached hydrogen (secondary N) is 1. The molecular formula is C15H23N3OS. The monoisotopic (exact) mass is 293 g/mol. The van der Waals surface area contributed by atoms with E-state index in [-0.39, 0.29) is 5.91 Å². The van der Waals surface area contributed by atoms with E-state index >= 15 is 0 Å². The Morgan fingerprint density at radius 1 is 1.30 bits per heavy atom. The summed E-state index contributed by atoms with van der Waals surface area (Å²) < 4.78 is 0. The number of hydrogen-bond acceptors (Lipinski definition) is 3. The number of nitrogens with zero attached hydrogens (tertiary/aromatic N) is 1. The lowest BCUT2D eigenvalue weighted by Crippen LogP contribution is -2.25. The molecular weight excluding hydrogens is 270 g/mol. The van der Waals surface area contributed by atoms with Gasteiger partial charge in [0.05, 0.1) is 0 Å². The van der Waals surface area contributed by atoms with Crippen LogP contribution in [0.5, 0.6) is 0 Å². The number of amides is 1. The molecule has 0 saturated heterocycles. The zero-order chi connectivity index (χ0) is 15.0. The quantitative estimate of drug-likeness (QED) is 0.723. The number of nitrogens with two attached hydrogens (primary N) is 1. The first-order chi connectivity index (χ1) is 9.52. The van der Waals surface area contributed by atoms with Crippen LogP contribution < -0.4 is 11.1 Å². The highest BCUT2D eigenvalue weighted by Crippen LogP contribution is 2.10. The number of benzene rings is 1. The van der Waals surface area contributed by atoms with E-state index in [0.29, 0.717) is 11.4 Å². The van der Waals surface area contributed by atoms with Crippen LogP contribution in [0.4, 0.5) is 5.69 Å². The van der Waals surface area contributed by atoms with Crippen LogP contribution in [0, 0.1) is 0 Å². The zero-order valence-electron chi connectivity index (χ0n) is 12.2. The average Bonchev–Trinajstić information content (AvgIpc) is 2.43. The number of anilines is 1. The molecule has 1 aromatic rings. The van der Waals surface area contributed by atoms with Crippen LogP contribution in [-0.4, -0.2) is 35.9 Å². The van der Waals surface area contributed by atoms with Gasteiger partial charge in [-0.05, 0) is 44.3 Å². The van der Waals surface area contributed by atoms with E-state index < -0.39 is 0 Å². The summed E-state index contributed by atoms with van der Waals surface area (Å²) in [5.74, 6) is 0.0245. The van der Waals surface area contributed by atoms with Crippen molar-refractivity contribution in [2.24, 2.45) is 5.73 Å². The van der Waals surface area contributed by atoms with Gasteiger partial charge in [0.15, 0.2) is 0 Å². The van der Waals surface area contributed by atoms with Crippen molar-refractivity contribution in [3.05, 3.63) is 29.8 Å². The summed E-state index contributed by atoms with van der Waals surface area (Å²) in [7, 11) is 2.04.